The molecule has 1 N–H and O–H groups in total. The highest BCUT2D eigenvalue weighted by molar-refractivity contribution is 5.38. The van der Waals surface area contributed by atoms with E-state index in [0.29, 0.717) is 0 Å². The first-order valence-corrected chi connectivity index (χ1v) is 5.63. The molecular weight excluding hydrogens is 212 g/mol. The molecule has 4 heteroatoms. The van der Waals surface area contributed by atoms with Gasteiger partial charge in [0.05, 0.1) is 6.54 Å². The summed E-state index contributed by atoms with van der Waals surface area (Å²) >= 11 is 0. The van der Waals surface area contributed by atoms with Crippen LogP contribution < -0.4 is 5.32 Å². The minimum Gasteiger partial charge on any atom is -0.308 e. The number of nitrogens with zero attached hydrogens (tertiary/aromatic N) is 3. The van der Waals surface area contributed by atoms with Gasteiger partial charge >= 0.3 is 0 Å². The summed E-state index contributed by atoms with van der Waals surface area (Å²) in [6.45, 7) is 2.62. The molecule has 17 heavy (non-hydrogen) atoms. The molecule has 3 rings (SSSR count). The van der Waals surface area contributed by atoms with E-state index < -0.39 is 0 Å². The van der Waals surface area contributed by atoms with Crippen molar-refractivity contribution in [1.82, 2.24) is 20.1 Å². The largest absolute Gasteiger partial charge is 0.308 e. The molecule has 0 amide bonds. The smallest absolute Gasteiger partial charge is 0.208 e. The van der Waals surface area contributed by atoms with Crippen LogP contribution in [0.3, 0.4) is 0 Å². The molecule has 0 saturated heterocycles. The fraction of sp³-hybridized carbons (Fsp3) is 0.231. The second-order valence-corrected chi connectivity index (χ2v) is 3.88. The lowest BCUT2D eigenvalue weighted by Crippen LogP contribution is -2.28. The molecule has 0 atom stereocenters. The normalized spacial score (nSPS) is 13.6. The number of benzene rings is 1. The predicted octanol–water partition coefficient (Wildman–Crippen LogP) is 0.781. The van der Waals surface area contributed by atoms with Crippen LogP contribution in [0.5, 0.6) is 0 Å². The molecule has 1 aromatic carbocycles. The van der Waals surface area contributed by atoms with Gasteiger partial charge in [0.15, 0.2) is 0 Å². The monoisotopic (exact) mass is 224 g/mol. The van der Waals surface area contributed by atoms with Gasteiger partial charge in [0, 0.05) is 18.7 Å². The molecule has 2 aromatic rings. The molecule has 0 fully saturated rings. The summed E-state index contributed by atoms with van der Waals surface area (Å²) in [5.74, 6) is 7.91. The third kappa shape index (κ3) is 2.05. The van der Waals surface area contributed by atoms with Crippen molar-refractivity contribution in [1.29, 1.82) is 0 Å². The summed E-state index contributed by atoms with van der Waals surface area (Å²) in [6, 6.07) is 9.92. The lowest BCUT2D eigenvalue weighted by molar-refractivity contribution is 0.503. The Bertz CT molecular complexity index is 574. The highest BCUT2D eigenvalue weighted by Crippen LogP contribution is 2.05. The van der Waals surface area contributed by atoms with Crippen molar-refractivity contribution in [2.24, 2.45) is 0 Å². The molecule has 0 unspecified atom stereocenters. The fourth-order valence-corrected chi connectivity index (χ4v) is 1.83. The van der Waals surface area contributed by atoms with Crippen molar-refractivity contribution in [2.45, 2.75) is 13.1 Å². The number of rotatable bonds is 0. The number of hydrogen-bond acceptors (Lipinski definition) is 3. The number of nitrogens with one attached hydrogen (secondary N) is 1. The lowest BCUT2D eigenvalue weighted by Gasteiger charge is -2.13. The highest BCUT2D eigenvalue weighted by Gasteiger charge is 2.13. The molecule has 0 saturated carbocycles. The zero-order valence-corrected chi connectivity index (χ0v) is 9.35. The van der Waals surface area contributed by atoms with E-state index in [1.54, 1.807) is 0 Å². The van der Waals surface area contributed by atoms with Gasteiger partial charge in [0.2, 0.25) is 5.82 Å². The van der Waals surface area contributed by atoms with Gasteiger partial charge in [0.25, 0.3) is 0 Å². The molecular formula is C13H12N4. The van der Waals surface area contributed by atoms with Gasteiger partial charge in [-0.1, -0.05) is 24.1 Å². The molecule has 4 nitrogen and oxygen atoms in total. The number of hydrogen-bond donors (Lipinski definition) is 1. The van der Waals surface area contributed by atoms with Gasteiger partial charge < -0.3 is 9.88 Å². The Hall–Kier alpha value is -2.12. The molecule has 1 aliphatic rings. The standard InChI is InChI=1S/C13H12N4/c1-2-4-11(5-3-1)6-7-12-15-16-13-10-14-8-9-17(12)13/h1-5,14H,8-10H2. The van der Waals surface area contributed by atoms with Gasteiger partial charge in [-0.05, 0) is 18.1 Å². The van der Waals surface area contributed by atoms with Crippen LogP contribution in [0, 0.1) is 11.8 Å². The van der Waals surface area contributed by atoms with Crippen LogP contribution in [-0.2, 0) is 13.1 Å². The van der Waals surface area contributed by atoms with E-state index >= 15 is 0 Å². The van der Waals surface area contributed by atoms with E-state index in [1.807, 2.05) is 30.3 Å². The maximum atomic E-state index is 4.12. The van der Waals surface area contributed by atoms with Crippen molar-refractivity contribution in [2.75, 3.05) is 6.54 Å². The van der Waals surface area contributed by atoms with E-state index in [4.69, 9.17) is 0 Å². The Balaban J connectivity index is 1.91. The second kappa shape index (κ2) is 4.40. The second-order valence-electron chi connectivity index (χ2n) is 3.88. The van der Waals surface area contributed by atoms with Crippen LogP contribution in [0.15, 0.2) is 30.3 Å². The van der Waals surface area contributed by atoms with Crippen molar-refractivity contribution in [3.63, 3.8) is 0 Å². The molecule has 2 heterocycles. The van der Waals surface area contributed by atoms with Crippen LogP contribution in [0.25, 0.3) is 0 Å². The van der Waals surface area contributed by atoms with Gasteiger partial charge in [0.1, 0.15) is 5.82 Å². The average Bonchev–Trinajstić information content (AvgIpc) is 2.81. The topological polar surface area (TPSA) is 42.7 Å². The highest BCUT2D eigenvalue weighted by atomic mass is 15.3. The maximum Gasteiger partial charge on any atom is 0.208 e. The molecule has 0 spiro atoms. The first-order chi connectivity index (χ1) is 8.43. The van der Waals surface area contributed by atoms with E-state index in [0.717, 1.165) is 36.8 Å². The van der Waals surface area contributed by atoms with Crippen LogP contribution in [0.1, 0.15) is 17.2 Å². The Morgan fingerprint density at radius 1 is 1.12 bits per heavy atom. The van der Waals surface area contributed by atoms with Gasteiger partial charge in [-0.15, -0.1) is 10.2 Å². The van der Waals surface area contributed by atoms with Gasteiger partial charge in [-0.25, -0.2) is 0 Å². The maximum absolute atomic E-state index is 4.12. The van der Waals surface area contributed by atoms with Gasteiger partial charge in [-0.3, -0.25) is 0 Å². The minimum absolute atomic E-state index is 0.755. The van der Waals surface area contributed by atoms with E-state index in [2.05, 4.69) is 31.9 Å². The molecule has 0 radical (unpaired) electrons. The van der Waals surface area contributed by atoms with Crippen LogP contribution >= 0.6 is 0 Å². The van der Waals surface area contributed by atoms with Crippen molar-refractivity contribution in [3.05, 3.63) is 47.5 Å². The Labute approximate surface area is 99.7 Å². The van der Waals surface area contributed by atoms with Gasteiger partial charge in [-0.2, -0.15) is 0 Å². The summed E-state index contributed by atoms with van der Waals surface area (Å²) < 4.78 is 2.08. The SMILES string of the molecule is C(#Cc1nnc2n1CCNC2)c1ccccc1. The molecule has 84 valence electrons. The molecule has 0 aliphatic carbocycles. The predicted molar refractivity (Wildman–Crippen MR) is 64.2 cm³/mol. The van der Waals surface area contributed by atoms with Crippen LogP contribution in [0.4, 0.5) is 0 Å². The minimum atomic E-state index is 0.755. The van der Waals surface area contributed by atoms with Crippen molar-refractivity contribution < 1.29 is 0 Å². The average molecular weight is 224 g/mol. The Morgan fingerprint density at radius 2 is 2.00 bits per heavy atom. The molecule has 1 aliphatic heterocycles. The zero-order chi connectivity index (χ0) is 11.5. The summed E-state index contributed by atoms with van der Waals surface area (Å²) in [7, 11) is 0. The van der Waals surface area contributed by atoms with Crippen molar-refractivity contribution in [3.8, 4) is 11.8 Å². The summed E-state index contributed by atoms with van der Waals surface area (Å²) in [6.07, 6.45) is 0. The van der Waals surface area contributed by atoms with Crippen LogP contribution in [-0.4, -0.2) is 21.3 Å². The van der Waals surface area contributed by atoms with E-state index in [-0.39, 0.29) is 0 Å². The molecule has 0 bridgehead atoms. The van der Waals surface area contributed by atoms with E-state index in [9.17, 15) is 0 Å². The lowest BCUT2D eigenvalue weighted by atomic mass is 10.2. The zero-order valence-electron chi connectivity index (χ0n) is 9.35. The van der Waals surface area contributed by atoms with Crippen molar-refractivity contribution >= 4 is 0 Å². The quantitative estimate of drug-likeness (QED) is 0.672. The Kier molecular flexibility index (Phi) is 2.60. The third-order valence-electron chi connectivity index (χ3n) is 2.72. The van der Waals surface area contributed by atoms with Crippen LogP contribution in [0.2, 0.25) is 0 Å². The Morgan fingerprint density at radius 3 is 2.88 bits per heavy atom. The summed E-state index contributed by atoms with van der Waals surface area (Å²) in [5, 5.41) is 11.5. The number of aromatic nitrogens is 3. The summed E-state index contributed by atoms with van der Waals surface area (Å²) in [4.78, 5) is 0. The van der Waals surface area contributed by atoms with E-state index in [1.165, 1.54) is 0 Å². The summed E-state index contributed by atoms with van der Waals surface area (Å²) in [5.41, 5.74) is 0.999. The third-order valence-corrected chi connectivity index (χ3v) is 2.72. The number of fused-ring (bicyclic) bond motifs is 1. The fourth-order valence-electron chi connectivity index (χ4n) is 1.83. The first kappa shape index (κ1) is 10.1. The molecule has 1 aromatic heterocycles. The first-order valence-electron chi connectivity index (χ1n) is 5.63.